The zero-order valence-corrected chi connectivity index (χ0v) is 16.0. The van der Waals surface area contributed by atoms with Crippen LogP contribution >= 0.6 is 0 Å². The molecule has 5 heteroatoms. The molecule has 1 heterocycles. The number of carbonyl (C=O) groups excluding carboxylic acids is 1. The molecule has 29 heavy (non-hydrogen) atoms. The van der Waals surface area contributed by atoms with Crippen LogP contribution in [-0.4, -0.2) is 18.9 Å². The number of hydrogen-bond acceptors (Lipinski definition) is 2. The van der Waals surface area contributed by atoms with Crippen molar-refractivity contribution in [1.82, 2.24) is 0 Å². The number of carbonyl (C=O) groups is 1. The minimum Gasteiger partial charge on any atom is -0.371 e. The number of anilines is 1. The highest BCUT2D eigenvalue weighted by molar-refractivity contribution is 5.92. The van der Waals surface area contributed by atoms with E-state index in [4.69, 9.17) is 0 Å². The molecule has 0 bridgehead atoms. The van der Waals surface area contributed by atoms with Crippen LogP contribution in [0, 0.1) is 0 Å². The number of fused-ring (bicyclic) bond motifs is 1. The lowest BCUT2D eigenvalue weighted by molar-refractivity contribution is -0.137. The van der Waals surface area contributed by atoms with E-state index < -0.39 is 11.7 Å². The average molecular weight is 397 g/mol. The summed E-state index contributed by atoms with van der Waals surface area (Å²) in [4.78, 5) is 14.9. The number of hydrogen-bond donors (Lipinski definition) is 0. The highest BCUT2D eigenvalue weighted by atomic mass is 19.4. The maximum absolute atomic E-state index is 13.2. The van der Waals surface area contributed by atoms with E-state index in [0.717, 1.165) is 60.1 Å². The van der Waals surface area contributed by atoms with Crippen molar-refractivity contribution in [3.63, 3.8) is 0 Å². The standard InChI is InChI=1S/C24H22F3NO/c25-24(26,27)20-10-11-23(28-12-3-4-13-28)19(14-20)16-21(29)15-18-8-5-7-17-6-1-2-9-22(17)18/h1-2,5-11,14H,3-4,12-13,15-16H2. The third-order valence-electron chi connectivity index (χ3n) is 5.51. The third-order valence-corrected chi connectivity index (χ3v) is 5.51. The van der Waals surface area contributed by atoms with Gasteiger partial charge in [-0.3, -0.25) is 4.79 Å². The maximum atomic E-state index is 13.2. The van der Waals surface area contributed by atoms with Gasteiger partial charge in [0.15, 0.2) is 0 Å². The molecule has 1 saturated heterocycles. The van der Waals surface area contributed by atoms with E-state index in [1.54, 1.807) is 0 Å². The van der Waals surface area contributed by atoms with Gasteiger partial charge in [-0.05, 0) is 52.9 Å². The van der Waals surface area contributed by atoms with Crippen LogP contribution in [0.25, 0.3) is 10.8 Å². The SMILES string of the molecule is O=C(Cc1cc(C(F)(F)F)ccc1N1CCCC1)Cc1cccc2ccccc12. The third kappa shape index (κ3) is 4.29. The molecule has 1 aliphatic rings. The quantitative estimate of drug-likeness (QED) is 0.541. The molecule has 4 rings (SSSR count). The fourth-order valence-corrected chi connectivity index (χ4v) is 4.10. The number of alkyl halides is 3. The number of ketones is 1. The van der Waals surface area contributed by atoms with Gasteiger partial charge < -0.3 is 4.90 Å². The van der Waals surface area contributed by atoms with Crippen LogP contribution in [0.2, 0.25) is 0 Å². The van der Waals surface area contributed by atoms with E-state index in [-0.39, 0.29) is 18.6 Å². The van der Waals surface area contributed by atoms with Gasteiger partial charge >= 0.3 is 6.18 Å². The minimum absolute atomic E-state index is 0.00102. The van der Waals surface area contributed by atoms with Crippen molar-refractivity contribution in [2.75, 3.05) is 18.0 Å². The Balaban J connectivity index is 1.62. The van der Waals surface area contributed by atoms with Gasteiger partial charge in [0.2, 0.25) is 0 Å². The first-order valence-corrected chi connectivity index (χ1v) is 9.85. The first-order valence-electron chi connectivity index (χ1n) is 9.85. The van der Waals surface area contributed by atoms with Crippen LogP contribution in [0.5, 0.6) is 0 Å². The molecule has 0 aromatic heterocycles. The van der Waals surface area contributed by atoms with Crippen LogP contribution in [0.3, 0.4) is 0 Å². The molecular formula is C24H22F3NO. The Kier molecular flexibility index (Phi) is 5.31. The summed E-state index contributed by atoms with van der Waals surface area (Å²) in [7, 11) is 0. The normalized spacial score (nSPS) is 14.5. The lowest BCUT2D eigenvalue weighted by Crippen LogP contribution is -2.21. The molecule has 1 fully saturated rings. The fraction of sp³-hybridized carbons (Fsp3) is 0.292. The summed E-state index contributed by atoms with van der Waals surface area (Å²) in [6.07, 6.45) is -2.18. The Morgan fingerprint density at radius 2 is 1.55 bits per heavy atom. The molecule has 2 nitrogen and oxygen atoms in total. The lowest BCUT2D eigenvalue weighted by atomic mass is 9.96. The summed E-state index contributed by atoms with van der Waals surface area (Å²) in [5.41, 5.74) is 1.42. The Morgan fingerprint density at radius 3 is 2.31 bits per heavy atom. The van der Waals surface area contributed by atoms with Crippen LogP contribution < -0.4 is 4.90 Å². The van der Waals surface area contributed by atoms with Gasteiger partial charge in [0.25, 0.3) is 0 Å². The predicted octanol–water partition coefficient (Wildman–Crippen LogP) is 5.81. The molecule has 3 aromatic carbocycles. The number of benzene rings is 3. The van der Waals surface area contributed by atoms with Gasteiger partial charge in [0.1, 0.15) is 5.78 Å². The first kappa shape index (κ1) is 19.5. The molecule has 0 atom stereocenters. The zero-order chi connectivity index (χ0) is 20.4. The minimum atomic E-state index is -4.42. The number of halogens is 3. The molecule has 0 aliphatic carbocycles. The molecule has 0 saturated carbocycles. The molecular weight excluding hydrogens is 375 g/mol. The summed E-state index contributed by atoms with van der Waals surface area (Å²) in [5.74, 6) is -0.0823. The van der Waals surface area contributed by atoms with E-state index in [1.807, 2.05) is 42.5 Å². The van der Waals surface area contributed by atoms with E-state index in [1.165, 1.54) is 6.07 Å². The summed E-state index contributed by atoms with van der Waals surface area (Å²) in [6.45, 7) is 1.63. The van der Waals surface area contributed by atoms with E-state index in [2.05, 4.69) is 4.90 Å². The zero-order valence-electron chi connectivity index (χ0n) is 16.0. The van der Waals surface area contributed by atoms with Crippen molar-refractivity contribution in [3.8, 4) is 0 Å². The smallest absolute Gasteiger partial charge is 0.371 e. The van der Waals surface area contributed by atoms with Gasteiger partial charge in [0.05, 0.1) is 5.56 Å². The van der Waals surface area contributed by atoms with Crippen molar-refractivity contribution in [3.05, 3.63) is 77.4 Å². The second kappa shape index (κ2) is 7.90. The first-order chi connectivity index (χ1) is 13.9. The summed E-state index contributed by atoms with van der Waals surface area (Å²) < 4.78 is 39.7. The van der Waals surface area contributed by atoms with Gasteiger partial charge in [-0.2, -0.15) is 13.2 Å². The van der Waals surface area contributed by atoms with Crippen LogP contribution in [0.4, 0.5) is 18.9 Å². The van der Waals surface area contributed by atoms with E-state index >= 15 is 0 Å². The van der Waals surface area contributed by atoms with E-state index in [9.17, 15) is 18.0 Å². The second-order valence-corrected chi connectivity index (χ2v) is 7.57. The molecule has 0 unspecified atom stereocenters. The highest BCUT2D eigenvalue weighted by Crippen LogP contribution is 2.34. The Bertz CT molecular complexity index is 1030. The number of rotatable bonds is 5. The predicted molar refractivity (Wildman–Crippen MR) is 109 cm³/mol. The topological polar surface area (TPSA) is 20.3 Å². The van der Waals surface area contributed by atoms with Crippen LogP contribution in [0.1, 0.15) is 29.5 Å². The highest BCUT2D eigenvalue weighted by Gasteiger charge is 2.32. The Hall–Kier alpha value is -2.82. The largest absolute Gasteiger partial charge is 0.416 e. The molecule has 150 valence electrons. The van der Waals surface area contributed by atoms with Crippen molar-refractivity contribution < 1.29 is 18.0 Å². The fourth-order valence-electron chi connectivity index (χ4n) is 4.10. The van der Waals surface area contributed by atoms with Crippen molar-refractivity contribution >= 4 is 22.2 Å². The van der Waals surface area contributed by atoms with Gasteiger partial charge in [-0.15, -0.1) is 0 Å². The molecule has 1 aliphatic heterocycles. The Morgan fingerprint density at radius 1 is 0.862 bits per heavy atom. The van der Waals surface area contributed by atoms with E-state index in [0.29, 0.717) is 5.56 Å². The van der Waals surface area contributed by atoms with Gasteiger partial charge in [-0.1, -0.05) is 42.5 Å². The monoisotopic (exact) mass is 397 g/mol. The molecule has 3 aromatic rings. The van der Waals surface area contributed by atoms with Crippen molar-refractivity contribution in [2.24, 2.45) is 0 Å². The molecule has 0 amide bonds. The molecule has 0 radical (unpaired) electrons. The summed E-state index contributed by atoms with van der Waals surface area (Å²) in [5, 5.41) is 2.06. The average Bonchev–Trinajstić information content (AvgIpc) is 3.22. The van der Waals surface area contributed by atoms with Crippen LogP contribution in [0.15, 0.2) is 60.7 Å². The Labute approximate surface area is 168 Å². The van der Waals surface area contributed by atoms with Gasteiger partial charge in [-0.25, -0.2) is 0 Å². The van der Waals surface area contributed by atoms with Crippen LogP contribution in [-0.2, 0) is 23.8 Å². The lowest BCUT2D eigenvalue weighted by Gasteiger charge is -2.22. The number of nitrogens with zero attached hydrogens (tertiary/aromatic N) is 1. The van der Waals surface area contributed by atoms with Crippen molar-refractivity contribution in [1.29, 1.82) is 0 Å². The van der Waals surface area contributed by atoms with Gasteiger partial charge in [0, 0.05) is 31.6 Å². The number of Topliss-reactive ketones (excluding diaryl/α,β-unsaturated/α-hetero) is 1. The molecule has 0 N–H and O–H groups in total. The second-order valence-electron chi connectivity index (χ2n) is 7.57. The summed E-state index contributed by atoms with van der Waals surface area (Å²) >= 11 is 0. The molecule has 0 spiro atoms. The summed E-state index contributed by atoms with van der Waals surface area (Å²) in [6, 6.07) is 17.4. The van der Waals surface area contributed by atoms with Crippen molar-refractivity contribution in [2.45, 2.75) is 31.9 Å². The maximum Gasteiger partial charge on any atom is 0.416 e.